The first-order valence-corrected chi connectivity index (χ1v) is 6.42. The molecule has 2 aromatic heterocycles. The largest absolute Gasteiger partial charge is 0.435 e. The van der Waals surface area contributed by atoms with Crippen molar-refractivity contribution in [2.75, 3.05) is 0 Å². The Hall–Kier alpha value is -2.77. The van der Waals surface area contributed by atoms with Crippen LogP contribution >= 0.6 is 0 Å². The highest BCUT2D eigenvalue weighted by Gasteiger charge is 2.15. The summed E-state index contributed by atoms with van der Waals surface area (Å²) in [7, 11) is 1.80. The third-order valence-electron chi connectivity index (χ3n) is 3.00. The summed E-state index contributed by atoms with van der Waals surface area (Å²) < 4.78 is 35.8. The van der Waals surface area contributed by atoms with E-state index in [9.17, 15) is 8.78 Å². The number of benzene rings is 1. The van der Waals surface area contributed by atoms with Crippen LogP contribution in [0.25, 0.3) is 22.9 Å². The molecule has 114 valence electrons. The molecule has 0 N–H and O–H groups in total. The summed E-state index contributed by atoms with van der Waals surface area (Å²) >= 11 is 0. The Balaban J connectivity index is 1.86. The monoisotopic (exact) mass is 306 g/mol. The Morgan fingerprint density at radius 2 is 1.82 bits per heavy atom. The summed E-state index contributed by atoms with van der Waals surface area (Å²) in [6.45, 7) is -1.01. The average Bonchev–Trinajstić information content (AvgIpc) is 3.05. The molecule has 6 nitrogen and oxygen atoms in total. The highest BCUT2D eigenvalue weighted by molar-refractivity contribution is 5.59. The maximum Gasteiger partial charge on any atom is 0.387 e. The van der Waals surface area contributed by atoms with Crippen LogP contribution in [0.2, 0.25) is 0 Å². The molecule has 0 saturated heterocycles. The molecule has 22 heavy (non-hydrogen) atoms. The van der Waals surface area contributed by atoms with Crippen LogP contribution in [0.1, 0.15) is 5.69 Å². The number of aryl methyl sites for hydroxylation is 2. The lowest BCUT2D eigenvalue weighted by molar-refractivity contribution is -0.0498. The molecule has 0 aliphatic rings. The van der Waals surface area contributed by atoms with Crippen molar-refractivity contribution in [3.05, 3.63) is 36.2 Å². The molecule has 2 heterocycles. The van der Waals surface area contributed by atoms with E-state index < -0.39 is 6.61 Å². The van der Waals surface area contributed by atoms with Crippen LogP contribution in [0.3, 0.4) is 0 Å². The maximum atomic E-state index is 12.1. The van der Waals surface area contributed by atoms with Crippen molar-refractivity contribution in [3.8, 4) is 28.7 Å². The summed E-state index contributed by atoms with van der Waals surface area (Å²) in [4.78, 5) is 0. The second-order valence-corrected chi connectivity index (χ2v) is 4.62. The van der Waals surface area contributed by atoms with Gasteiger partial charge in [-0.3, -0.25) is 4.68 Å². The van der Waals surface area contributed by atoms with E-state index in [1.807, 2.05) is 6.92 Å². The van der Waals surface area contributed by atoms with Gasteiger partial charge < -0.3 is 9.15 Å². The van der Waals surface area contributed by atoms with Gasteiger partial charge in [0, 0.05) is 18.8 Å². The second kappa shape index (κ2) is 5.55. The van der Waals surface area contributed by atoms with Gasteiger partial charge in [0.25, 0.3) is 5.89 Å². The Bertz CT molecular complexity index is 780. The summed E-state index contributed by atoms with van der Waals surface area (Å²) in [5.74, 6) is 0.719. The van der Waals surface area contributed by atoms with Gasteiger partial charge in [0.15, 0.2) is 0 Å². The third-order valence-corrected chi connectivity index (χ3v) is 3.00. The Labute approximate surface area is 124 Å². The fourth-order valence-electron chi connectivity index (χ4n) is 2.04. The van der Waals surface area contributed by atoms with E-state index in [2.05, 4.69) is 20.0 Å². The molecule has 0 bridgehead atoms. The fraction of sp³-hybridized carbons (Fsp3) is 0.214. The SMILES string of the molecule is Cc1nn(C)cc1-c1nnc(-c2ccc(OC(F)F)cc2)o1. The number of ether oxygens (including phenoxy) is 1. The molecule has 0 spiro atoms. The summed E-state index contributed by atoms with van der Waals surface area (Å²) in [6, 6.07) is 5.98. The van der Waals surface area contributed by atoms with E-state index in [0.29, 0.717) is 17.3 Å². The van der Waals surface area contributed by atoms with E-state index in [0.717, 1.165) is 11.3 Å². The second-order valence-electron chi connectivity index (χ2n) is 4.62. The Morgan fingerprint density at radius 3 is 2.41 bits per heavy atom. The molecule has 3 aromatic rings. The van der Waals surface area contributed by atoms with E-state index >= 15 is 0 Å². The van der Waals surface area contributed by atoms with Gasteiger partial charge in [-0.1, -0.05) is 0 Å². The van der Waals surface area contributed by atoms with Crippen LogP contribution in [-0.2, 0) is 7.05 Å². The molecular weight excluding hydrogens is 294 g/mol. The van der Waals surface area contributed by atoms with Crippen molar-refractivity contribution >= 4 is 0 Å². The maximum absolute atomic E-state index is 12.1. The normalized spacial score (nSPS) is 11.1. The van der Waals surface area contributed by atoms with Crippen molar-refractivity contribution in [2.45, 2.75) is 13.5 Å². The van der Waals surface area contributed by atoms with Crippen LogP contribution in [0.4, 0.5) is 8.78 Å². The van der Waals surface area contributed by atoms with E-state index in [1.165, 1.54) is 12.1 Å². The predicted octanol–water partition coefficient (Wildman–Crippen LogP) is 3.05. The molecule has 3 rings (SSSR count). The number of hydrogen-bond acceptors (Lipinski definition) is 5. The zero-order valence-electron chi connectivity index (χ0n) is 11.8. The van der Waals surface area contributed by atoms with Crippen molar-refractivity contribution in [1.29, 1.82) is 0 Å². The molecule has 0 aliphatic heterocycles. The summed E-state index contributed by atoms with van der Waals surface area (Å²) in [5, 5.41) is 12.2. The van der Waals surface area contributed by atoms with Crippen LogP contribution in [0.15, 0.2) is 34.9 Å². The first kappa shape index (κ1) is 14.2. The Morgan fingerprint density at radius 1 is 1.14 bits per heavy atom. The van der Waals surface area contributed by atoms with Gasteiger partial charge in [0.1, 0.15) is 5.75 Å². The number of alkyl halides is 2. The third kappa shape index (κ3) is 2.80. The standard InChI is InChI=1S/C14H12F2N4O2/c1-8-11(7-20(2)19-8)13-18-17-12(22-13)9-3-5-10(6-4-9)21-14(15)16/h3-7,14H,1-2H3. The molecule has 0 amide bonds. The molecule has 0 radical (unpaired) electrons. The van der Waals surface area contributed by atoms with Gasteiger partial charge in [-0.25, -0.2) is 0 Å². The molecule has 0 aliphatic carbocycles. The van der Waals surface area contributed by atoms with Crippen molar-refractivity contribution in [2.24, 2.45) is 7.05 Å². The van der Waals surface area contributed by atoms with Gasteiger partial charge in [-0.05, 0) is 31.2 Å². The van der Waals surface area contributed by atoms with Gasteiger partial charge >= 0.3 is 6.61 Å². The van der Waals surface area contributed by atoms with Gasteiger partial charge in [0.2, 0.25) is 5.89 Å². The van der Waals surface area contributed by atoms with Crippen molar-refractivity contribution in [3.63, 3.8) is 0 Å². The van der Waals surface area contributed by atoms with E-state index in [4.69, 9.17) is 4.42 Å². The zero-order chi connectivity index (χ0) is 15.7. The molecule has 0 atom stereocenters. The lowest BCUT2D eigenvalue weighted by atomic mass is 10.2. The summed E-state index contributed by atoms with van der Waals surface area (Å²) in [6.07, 6.45) is 1.78. The van der Waals surface area contributed by atoms with Crippen molar-refractivity contribution < 1.29 is 17.9 Å². The van der Waals surface area contributed by atoms with Crippen LogP contribution in [0.5, 0.6) is 5.75 Å². The predicted molar refractivity (Wildman–Crippen MR) is 73.3 cm³/mol. The Kier molecular flexibility index (Phi) is 3.58. The topological polar surface area (TPSA) is 66.0 Å². The molecule has 1 aromatic carbocycles. The van der Waals surface area contributed by atoms with Crippen LogP contribution in [-0.4, -0.2) is 26.6 Å². The first-order valence-electron chi connectivity index (χ1n) is 6.42. The highest BCUT2D eigenvalue weighted by atomic mass is 19.3. The van der Waals surface area contributed by atoms with Gasteiger partial charge in [0.05, 0.1) is 11.3 Å². The van der Waals surface area contributed by atoms with Crippen LogP contribution in [0, 0.1) is 6.92 Å². The molecule has 0 unspecified atom stereocenters. The molecular formula is C14H12F2N4O2. The lowest BCUT2D eigenvalue weighted by Crippen LogP contribution is -2.01. The lowest BCUT2D eigenvalue weighted by Gasteiger charge is -2.03. The highest BCUT2D eigenvalue weighted by Crippen LogP contribution is 2.27. The minimum atomic E-state index is -2.85. The average molecular weight is 306 g/mol. The number of nitrogens with zero attached hydrogens (tertiary/aromatic N) is 4. The smallest absolute Gasteiger partial charge is 0.387 e. The number of aromatic nitrogens is 4. The number of halogens is 2. The zero-order valence-corrected chi connectivity index (χ0v) is 11.8. The molecule has 0 fully saturated rings. The van der Waals surface area contributed by atoms with Gasteiger partial charge in [-0.2, -0.15) is 13.9 Å². The van der Waals surface area contributed by atoms with Crippen molar-refractivity contribution in [1.82, 2.24) is 20.0 Å². The molecule has 0 saturated carbocycles. The van der Waals surface area contributed by atoms with E-state index in [1.54, 1.807) is 30.1 Å². The first-order chi connectivity index (χ1) is 10.5. The van der Waals surface area contributed by atoms with Crippen LogP contribution < -0.4 is 4.74 Å². The quantitative estimate of drug-likeness (QED) is 0.741. The van der Waals surface area contributed by atoms with E-state index in [-0.39, 0.29) is 5.75 Å². The number of hydrogen-bond donors (Lipinski definition) is 0. The number of rotatable bonds is 4. The molecule has 8 heteroatoms. The minimum Gasteiger partial charge on any atom is -0.435 e. The fourth-order valence-corrected chi connectivity index (χ4v) is 2.04. The minimum absolute atomic E-state index is 0.0709. The summed E-state index contributed by atoms with van der Waals surface area (Å²) in [5.41, 5.74) is 2.14. The van der Waals surface area contributed by atoms with Gasteiger partial charge in [-0.15, -0.1) is 10.2 Å².